The van der Waals surface area contributed by atoms with Crippen molar-refractivity contribution >= 4 is 21.8 Å². The first kappa shape index (κ1) is 18.1. The zero-order chi connectivity index (χ0) is 18.5. The molecular weight excluding hydrogens is 398 g/mol. The third kappa shape index (κ3) is 4.08. The summed E-state index contributed by atoms with van der Waals surface area (Å²) in [5.41, 5.74) is 1.41. The van der Waals surface area contributed by atoms with E-state index in [2.05, 4.69) is 21.2 Å². The van der Waals surface area contributed by atoms with Crippen LogP contribution in [0, 0.1) is 0 Å². The van der Waals surface area contributed by atoms with Crippen LogP contribution in [0.1, 0.15) is 16.1 Å². The minimum atomic E-state index is -0.244. The first-order chi connectivity index (χ1) is 12.6. The van der Waals surface area contributed by atoms with Gasteiger partial charge in [0.1, 0.15) is 23.0 Å². The molecule has 0 fully saturated rings. The molecule has 0 radical (unpaired) electrons. The molecule has 0 spiro atoms. The van der Waals surface area contributed by atoms with Gasteiger partial charge in [0.15, 0.2) is 0 Å². The predicted octanol–water partition coefficient (Wildman–Crippen LogP) is 4.66. The van der Waals surface area contributed by atoms with E-state index in [-0.39, 0.29) is 12.5 Å². The Morgan fingerprint density at radius 3 is 2.50 bits per heavy atom. The number of furan rings is 1. The highest BCUT2D eigenvalue weighted by Crippen LogP contribution is 2.26. The lowest BCUT2D eigenvalue weighted by Crippen LogP contribution is -2.23. The second-order valence-electron chi connectivity index (χ2n) is 5.52. The van der Waals surface area contributed by atoms with Crippen molar-refractivity contribution in [3.63, 3.8) is 0 Å². The number of halogens is 1. The van der Waals surface area contributed by atoms with E-state index in [1.807, 2.05) is 36.4 Å². The van der Waals surface area contributed by atoms with Crippen LogP contribution in [-0.4, -0.2) is 20.1 Å². The Hall–Kier alpha value is -2.73. The molecular formula is C20H18BrNO4. The summed E-state index contributed by atoms with van der Waals surface area (Å²) in [6.07, 6.45) is 0. The van der Waals surface area contributed by atoms with Gasteiger partial charge in [-0.25, -0.2) is 0 Å². The zero-order valence-corrected chi connectivity index (χ0v) is 16.0. The highest BCUT2D eigenvalue weighted by molar-refractivity contribution is 9.10. The van der Waals surface area contributed by atoms with Crippen molar-refractivity contribution in [2.45, 2.75) is 6.54 Å². The largest absolute Gasteiger partial charge is 0.497 e. The molecule has 1 heterocycles. The molecule has 26 heavy (non-hydrogen) atoms. The van der Waals surface area contributed by atoms with Gasteiger partial charge in [-0.1, -0.05) is 28.1 Å². The number of carbonyl (C=O) groups excluding carboxylic acids is 1. The molecule has 3 rings (SSSR count). The molecule has 6 heteroatoms. The maximum Gasteiger partial charge on any atom is 0.255 e. The van der Waals surface area contributed by atoms with Crippen LogP contribution in [0.4, 0.5) is 0 Å². The van der Waals surface area contributed by atoms with Gasteiger partial charge in [0, 0.05) is 16.1 Å². The van der Waals surface area contributed by atoms with Crippen LogP contribution in [0.2, 0.25) is 0 Å². The highest BCUT2D eigenvalue weighted by Gasteiger charge is 2.14. The van der Waals surface area contributed by atoms with Crippen molar-refractivity contribution in [3.8, 4) is 22.8 Å². The molecule has 0 atom stereocenters. The Balaban J connectivity index is 1.68. The second kappa shape index (κ2) is 8.10. The van der Waals surface area contributed by atoms with Crippen LogP contribution in [0.15, 0.2) is 63.5 Å². The molecule has 0 unspecified atom stereocenters. The lowest BCUT2D eigenvalue weighted by atomic mass is 10.1. The van der Waals surface area contributed by atoms with Gasteiger partial charge in [0.2, 0.25) is 0 Å². The van der Waals surface area contributed by atoms with Gasteiger partial charge in [-0.3, -0.25) is 4.79 Å². The summed E-state index contributed by atoms with van der Waals surface area (Å²) in [5.74, 6) is 2.26. The lowest BCUT2D eigenvalue weighted by molar-refractivity contribution is 0.0945. The van der Waals surface area contributed by atoms with Crippen molar-refractivity contribution in [3.05, 3.63) is 70.4 Å². The molecule has 0 bridgehead atoms. The molecule has 1 aromatic heterocycles. The number of nitrogens with one attached hydrogen (secondary N) is 1. The van der Waals surface area contributed by atoms with Crippen LogP contribution in [-0.2, 0) is 6.54 Å². The van der Waals surface area contributed by atoms with Crippen molar-refractivity contribution < 1.29 is 18.7 Å². The first-order valence-corrected chi connectivity index (χ1v) is 8.75. The molecule has 0 aliphatic rings. The fraction of sp³-hybridized carbons (Fsp3) is 0.150. The van der Waals surface area contributed by atoms with Crippen molar-refractivity contribution in [2.24, 2.45) is 0 Å². The number of carbonyl (C=O) groups is 1. The second-order valence-corrected chi connectivity index (χ2v) is 6.44. The smallest absolute Gasteiger partial charge is 0.255 e. The number of amides is 1. The van der Waals surface area contributed by atoms with Gasteiger partial charge in [-0.15, -0.1) is 0 Å². The van der Waals surface area contributed by atoms with E-state index >= 15 is 0 Å². The Morgan fingerprint density at radius 2 is 1.81 bits per heavy atom. The summed E-state index contributed by atoms with van der Waals surface area (Å²) in [5, 5.41) is 2.84. The van der Waals surface area contributed by atoms with Crippen LogP contribution in [0.25, 0.3) is 11.3 Å². The maximum atomic E-state index is 12.4. The van der Waals surface area contributed by atoms with E-state index in [1.165, 1.54) is 7.11 Å². The average molecular weight is 416 g/mol. The number of rotatable bonds is 6. The monoisotopic (exact) mass is 415 g/mol. The Morgan fingerprint density at radius 1 is 1.04 bits per heavy atom. The van der Waals surface area contributed by atoms with Gasteiger partial charge in [0.05, 0.1) is 26.3 Å². The number of hydrogen-bond acceptors (Lipinski definition) is 4. The zero-order valence-electron chi connectivity index (χ0n) is 14.4. The summed E-state index contributed by atoms with van der Waals surface area (Å²) in [6, 6.07) is 16.6. The van der Waals surface area contributed by atoms with Gasteiger partial charge >= 0.3 is 0 Å². The number of hydrogen-bond donors (Lipinski definition) is 1. The summed E-state index contributed by atoms with van der Waals surface area (Å²) in [6.45, 7) is 0.282. The summed E-state index contributed by atoms with van der Waals surface area (Å²) < 4.78 is 17.2. The Labute approximate surface area is 160 Å². The van der Waals surface area contributed by atoms with E-state index < -0.39 is 0 Å². The normalized spacial score (nSPS) is 10.4. The van der Waals surface area contributed by atoms with Crippen molar-refractivity contribution in [1.29, 1.82) is 0 Å². The number of benzene rings is 2. The van der Waals surface area contributed by atoms with Gasteiger partial charge in [0.25, 0.3) is 5.91 Å². The predicted molar refractivity (Wildman–Crippen MR) is 103 cm³/mol. The van der Waals surface area contributed by atoms with E-state index in [0.717, 1.165) is 15.8 Å². The van der Waals surface area contributed by atoms with Gasteiger partial charge < -0.3 is 19.2 Å². The standard InChI is InChI=1S/C20H18BrNO4/c1-24-15-7-9-17(19(11-15)25-2)20(23)22-12-16-8-10-18(26-16)13-3-5-14(21)6-4-13/h3-11H,12H2,1-2H3,(H,22,23). The quantitative estimate of drug-likeness (QED) is 0.635. The SMILES string of the molecule is COc1ccc(C(=O)NCc2ccc(-c3ccc(Br)cc3)o2)c(OC)c1. The molecule has 0 saturated heterocycles. The first-order valence-electron chi connectivity index (χ1n) is 7.95. The van der Waals surface area contributed by atoms with Crippen LogP contribution in [0.3, 0.4) is 0 Å². The third-order valence-corrected chi connectivity index (χ3v) is 4.40. The molecule has 0 saturated carbocycles. The Kier molecular flexibility index (Phi) is 5.63. The van der Waals surface area contributed by atoms with E-state index in [4.69, 9.17) is 13.9 Å². The van der Waals surface area contributed by atoms with Crippen LogP contribution >= 0.6 is 15.9 Å². The summed E-state index contributed by atoms with van der Waals surface area (Å²) >= 11 is 3.41. The fourth-order valence-corrected chi connectivity index (χ4v) is 2.76. The molecule has 5 nitrogen and oxygen atoms in total. The van der Waals surface area contributed by atoms with Crippen molar-refractivity contribution in [1.82, 2.24) is 5.32 Å². The third-order valence-electron chi connectivity index (χ3n) is 3.87. The Bertz CT molecular complexity index is 902. The highest BCUT2D eigenvalue weighted by atomic mass is 79.9. The van der Waals surface area contributed by atoms with E-state index in [9.17, 15) is 4.79 Å². The van der Waals surface area contributed by atoms with Gasteiger partial charge in [-0.2, -0.15) is 0 Å². The molecule has 0 aliphatic carbocycles. The summed E-state index contributed by atoms with van der Waals surface area (Å²) in [4.78, 5) is 12.4. The lowest BCUT2D eigenvalue weighted by Gasteiger charge is -2.10. The minimum Gasteiger partial charge on any atom is -0.497 e. The van der Waals surface area contributed by atoms with Crippen LogP contribution < -0.4 is 14.8 Å². The molecule has 2 aromatic carbocycles. The number of ether oxygens (including phenoxy) is 2. The fourth-order valence-electron chi connectivity index (χ4n) is 2.49. The molecule has 134 valence electrons. The molecule has 1 amide bonds. The van der Waals surface area contributed by atoms with Crippen molar-refractivity contribution in [2.75, 3.05) is 14.2 Å². The minimum absolute atomic E-state index is 0.244. The van der Waals surface area contributed by atoms with Crippen LogP contribution in [0.5, 0.6) is 11.5 Å². The topological polar surface area (TPSA) is 60.7 Å². The molecule has 0 aliphatic heterocycles. The maximum absolute atomic E-state index is 12.4. The van der Waals surface area contributed by atoms with Gasteiger partial charge in [-0.05, 0) is 36.4 Å². The molecule has 3 aromatic rings. The van der Waals surface area contributed by atoms with E-state index in [0.29, 0.717) is 22.8 Å². The molecule has 1 N–H and O–H groups in total. The summed E-state index contributed by atoms with van der Waals surface area (Å²) in [7, 11) is 3.08. The average Bonchev–Trinajstić information content (AvgIpc) is 3.15. The number of methoxy groups -OCH3 is 2. The van der Waals surface area contributed by atoms with E-state index in [1.54, 1.807) is 25.3 Å².